The molecule has 1 aromatic carbocycles. The molecule has 0 unspecified atom stereocenters. The van der Waals surface area contributed by atoms with Crippen LogP contribution in [0, 0.1) is 18.3 Å². The highest BCUT2D eigenvalue weighted by Gasteiger charge is 2.05. The van der Waals surface area contributed by atoms with Gasteiger partial charge in [0.25, 0.3) is 0 Å². The normalized spacial score (nSPS) is 9.83. The van der Waals surface area contributed by atoms with Crippen LogP contribution in [0.3, 0.4) is 0 Å². The summed E-state index contributed by atoms with van der Waals surface area (Å²) in [5.74, 6) is 0.753. The fraction of sp³-hybridized carbons (Fsp3) is 0.214. The summed E-state index contributed by atoms with van der Waals surface area (Å²) in [6.45, 7) is 2.82. The highest BCUT2D eigenvalue weighted by atomic mass is 15.2. The molecule has 1 aromatic heterocycles. The Labute approximate surface area is 107 Å². The Morgan fingerprint density at radius 3 is 2.83 bits per heavy atom. The van der Waals surface area contributed by atoms with Crippen molar-refractivity contribution in [1.29, 1.82) is 5.26 Å². The average Bonchev–Trinajstić information content (AvgIpc) is 2.39. The molecule has 0 saturated heterocycles. The second kappa shape index (κ2) is 5.28. The summed E-state index contributed by atoms with van der Waals surface area (Å²) in [4.78, 5) is 10.0. The molecule has 0 aliphatic carbocycles. The monoisotopic (exact) mass is 238 g/mol. The Balaban J connectivity index is 2.17. The zero-order valence-electron chi connectivity index (χ0n) is 10.5. The number of hydrogen-bond acceptors (Lipinski definition) is 4. The van der Waals surface area contributed by atoms with E-state index in [2.05, 4.69) is 35.1 Å². The first-order valence-corrected chi connectivity index (χ1v) is 5.68. The van der Waals surface area contributed by atoms with Gasteiger partial charge in [-0.05, 0) is 12.5 Å². The molecule has 0 N–H and O–H groups in total. The van der Waals surface area contributed by atoms with E-state index < -0.39 is 0 Å². The number of aromatic nitrogens is 2. The minimum atomic E-state index is 0.385. The first kappa shape index (κ1) is 12.1. The SMILES string of the molecule is Cc1cccc(CN(C)c2cc(C#N)ncn2)c1. The molecule has 0 radical (unpaired) electrons. The third-order valence-electron chi connectivity index (χ3n) is 2.66. The lowest BCUT2D eigenvalue weighted by Crippen LogP contribution is -2.18. The van der Waals surface area contributed by atoms with E-state index in [0.717, 1.165) is 12.4 Å². The lowest BCUT2D eigenvalue weighted by Gasteiger charge is -2.18. The van der Waals surface area contributed by atoms with Crippen LogP contribution >= 0.6 is 0 Å². The summed E-state index contributed by atoms with van der Waals surface area (Å²) in [5, 5.41) is 8.81. The van der Waals surface area contributed by atoms with Crippen LogP contribution in [0.25, 0.3) is 0 Å². The van der Waals surface area contributed by atoms with Gasteiger partial charge in [0.1, 0.15) is 23.9 Å². The molecule has 0 saturated carbocycles. The van der Waals surface area contributed by atoms with Gasteiger partial charge in [-0.25, -0.2) is 9.97 Å². The zero-order chi connectivity index (χ0) is 13.0. The topological polar surface area (TPSA) is 52.8 Å². The molecular weight excluding hydrogens is 224 g/mol. The van der Waals surface area contributed by atoms with Gasteiger partial charge in [-0.1, -0.05) is 29.8 Å². The van der Waals surface area contributed by atoms with Crippen LogP contribution in [-0.4, -0.2) is 17.0 Å². The third-order valence-corrected chi connectivity index (χ3v) is 2.66. The fourth-order valence-corrected chi connectivity index (χ4v) is 1.78. The van der Waals surface area contributed by atoms with E-state index in [1.165, 1.54) is 17.5 Å². The van der Waals surface area contributed by atoms with Gasteiger partial charge in [0.2, 0.25) is 0 Å². The summed E-state index contributed by atoms with van der Waals surface area (Å²) in [6.07, 6.45) is 1.42. The van der Waals surface area contributed by atoms with Crippen LogP contribution in [0.15, 0.2) is 36.7 Å². The lowest BCUT2D eigenvalue weighted by molar-refractivity contribution is 0.888. The standard InChI is InChI=1S/C14H14N4/c1-11-4-3-5-12(6-11)9-18(2)14-7-13(8-15)16-10-17-14/h3-7,10H,9H2,1-2H3. The minimum Gasteiger partial charge on any atom is -0.355 e. The van der Waals surface area contributed by atoms with E-state index in [1.807, 2.05) is 24.1 Å². The highest BCUT2D eigenvalue weighted by Crippen LogP contribution is 2.13. The largest absolute Gasteiger partial charge is 0.355 e. The zero-order valence-corrected chi connectivity index (χ0v) is 10.5. The predicted octanol–water partition coefficient (Wildman–Crippen LogP) is 2.29. The number of anilines is 1. The molecule has 0 aliphatic heterocycles. The molecule has 2 rings (SSSR count). The van der Waals surface area contributed by atoms with Gasteiger partial charge in [0, 0.05) is 19.7 Å². The summed E-state index contributed by atoms with van der Waals surface area (Å²) >= 11 is 0. The molecule has 0 aliphatic rings. The Morgan fingerprint density at radius 2 is 2.11 bits per heavy atom. The van der Waals surface area contributed by atoms with Crippen LogP contribution in [0.4, 0.5) is 5.82 Å². The van der Waals surface area contributed by atoms with E-state index in [-0.39, 0.29) is 0 Å². The van der Waals surface area contributed by atoms with Gasteiger partial charge in [0.05, 0.1) is 0 Å². The first-order valence-electron chi connectivity index (χ1n) is 5.68. The summed E-state index contributed by atoms with van der Waals surface area (Å²) in [6, 6.07) is 12.0. The molecule has 18 heavy (non-hydrogen) atoms. The van der Waals surface area contributed by atoms with Gasteiger partial charge in [-0.15, -0.1) is 0 Å². The smallest absolute Gasteiger partial charge is 0.145 e. The molecule has 90 valence electrons. The number of rotatable bonds is 3. The van der Waals surface area contributed by atoms with E-state index in [9.17, 15) is 0 Å². The van der Waals surface area contributed by atoms with Gasteiger partial charge in [-0.3, -0.25) is 0 Å². The van der Waals surface area contributed by atoms with Crippen LogP contribution in [0.1, 0.15) is 16.8 Å². The Bertz CT molecular complexity index is 586. The summed E-state index contributed by atoms with van der Waals surface area (Å²) in [7, 11) is 1.95. The number of nitriles is 1. The number of nitrogens with zero attached hydrogens (tertiary/aromatic N) is 4. The molecule has 0 bridgehead atoms. The molecule has 0 amide bonds. The Hall–Kier alpha value is -2.41. The molecule has 4 heteroatoms. The molecule has 0 fully saturated rings. The van der Waals surface area contributed by atoms with Gasteiger partial charge in [-0.2, -0.15) is 5.26 Å². The molecule has 0 atom stereocenters. The summed E-state index contributed by atoms with van der Waals surface area (Å²) < 4.78 is 0. The Kier molecular flexibility index (Phi) is 3.54. The van der Waals surface area contributed by atoms with Crippen LogP contribution in [0.5, 0.6) is 0 Å². The molecule has 4 nitrogen and oxygen atoms in total. The van der Waals surface area contributed by atoms with Crippen molar-refractivity contribution in [2.45, 2.75) is 13.5 Å². The van der Waals surface area contributed by atoms with Crippen molar-refractivity contribution in [3.05, 3.63) is 53.5 Å². The van der Waals surface area contributed by atoms with Crippen molar-refractivity contribution in [3.8, 4) is 6.07 Å². The lowest BCUT2D eigenvalue weighted by atomic mass is 10.1. The molecule has 1 heterocycles. The predicted molar refractivity (Wildman–Crippen MR) is 70.0 cm³/mol. The molecule has 0 spiro atoms. The van der Waals surface area contributed by atoms with E-state index >= 15 is 0 Å². The number of benzene rings is 1. The van der Waals surface area contributed by atoms with E-state index in [0.29, 0.717) is 5.69 Å². The third kappa shape index (κ3) is 2.83. The van der Waals surface area contributed by atoms with Crippen molar-refractivity contribution in [1.82, 2.24) is 9.97 Å². The van der Waals surface area contributed by atoms with Gasteiger partial charge < -0.3 is 4.90 Å². The number of aryl methyl sites for hydroxylation is 1. The van der Waals surface area contributed by atoms with Crippen LogP contribution < -0.4 is 4.90 Å². The van der Waals surface area contributed by atoms with Crippen LogP contribution in [-0.2, 0) is 6.54 Å². The maximum absolute atomic E-state index is 8.81. The summed E-state index contributed by atoms with van der Waals surface area (Å²) in [5.41, 5.74) is 2.84. The van der Waals surface area contributed by atoms with Crippen molar-refractivity contribution in [2.75, 3.05) is 11.9 Å². The maximum Gasteiger partial charge on any atom is 0.145 e. The van der Waals surface area contributed by atoms with Gasteiger partial charge >= 0.3 is 0 Å². The minimum absolute atomic E-state index is 0.385. The second-order valence-electron chi connectivity index (χ2n) is 4.22. The molecule has 2 aromatic rings. The fourth-order valence-electron chi connectivity index (χ4n) is 1.78. The first-order chi connectivity index (χ1) is 8.69. The van der Waals surface area contributed by atoms with Crippen molar-refractivity contribution in [2.24, 2.45) is 0 Å². The van der Waals surface area contributed by atoms with Crippen molar-refractivity contribution >= 4 is 5.82 Å². The van der Waals surface area contributed by atoms with E-state index in [1.54, 1.807) is 6.07 Å². The quantitative estimate of drug-likeness (QED) is 0.823. The van der Waals surface area contributed by atoms with Crippen molar-refractivity contribution in [3.63, 3.8) is 0 Å². The van der Waals surface area contributed by atoms with Crippen LogP contribution in [0.2, 0.25) is 0 Å². The molecular formula is C14H14N4. The van der Waals surface area contributed by atoms with E-state index in [4.69, 9.17) is 5.26 Å². The Morgan fingerprint density at radius 1 is 1.28 bits per heavy atom. The highest BCUT2D eigenvalue weighted by molar-refractivity contribution is 5.42. The van der Waals surface area contributed by atoms with Crippen molar-refractivity contribution < 1.29 is 0 Å². The average molecular weight is 238 g/mol. The van der Waals surface area contributed by atoms with Gasteiger partial charge in [0.15, 0.2) is 0 Å². The maximum atomic E-state index is 8.81. The second-order valence-corrected chi connectivity index (χ2v) is 4.22. The number of hydrogen-bond donors (Lipinski definition) is 0.